The Labute approximate surface area is 131 Å². The zero-order chi connectivity index (χ0) is 16.8. The molecule has 1 saturated heterocycles. The number of hydrogen-bond donors (Lipinski definition) is 0. The lowest BCUT2D eigenvalue weighted by Crippen LogP contribution is -2.73. The van der Waals surface area contributed by atoms with Gasteiger partial charge >= 0.3 is 0 Å². The minimum Gasteiger partial charge on any atom is -0.354 e. The molecule has 0 spiro atoms. The first-order valence-electron chi connectivity index (χ1n) is 7.56. The molecule has 1 rings (SSSR count). The van der Waals surface area contributed by atoms with E-state index in [1.165, 1.54) is 6.92 Å². The maximum atomic E-state index is 12.5. The molecule has 5 heteroatoms. The SMILES string of the molecule is CC(=O)[C@@H]1C(=O)N([Si](C)(C)C(C)(C)C)[C@H]1C#C[Si](C)(C)C. The van der Waals surface area contributed by atoms with Gasteiger partial charge in [-0.15, -0.1) is 5.54 Å². The lowest BCUT2D eigenvalue weighted by molar-refractivity contribution is -0.150. The van der Waals surface area contributed by atoms with Crippen LogP contribution < -0.4 is 0 Å². The van der Waals surface area contributed by atoms with Gasteiger partial charge < -0.3 is 4.57 Å². The second-order valence-electron chi connectivity index (χ2n) is 8.57. The van der Waals surface area contributed by atoms with Crippen LogP contribution in [0.5, 0.6) is 0 Å². The molecule has 0 saturated carbocycles. The number of carbonyl (C=O) groups excluding carboxylic acids is 2. The van der Waals surface area contributed by atoms with E-state index in [1.54, 1.807) is 0 Å². The third kappa shape index (κ3) is 3.49. The largest absolute Gasteiger partial charge is 0.354 e. The molecule has 2 atom stereocenters. The summed E-state index contributed by atoms with van der Waals surface area (Å²) in [5, 5.41) is 0.0590. The molecule has 0 N–H and O–H groups in total. The predicted octanol–water partition coefficient (Wildman–Crippen LogP) is 3.29. The fraction of sp³-hybridized carbons (Fsp3) is 0.750. The van der Waals surface area contributed by atoms with Crippen molar-refractivity contribution in [3.63, 3.8) is 0 Å². The Kier molecular flexibility index (Phi) is 4.68. The van der Waals surface area contributed by atoms with Crippen molar-refractivity contribution in [1.82, 2.24) is 4.57 Å². The Morgan fingerprint density at radius 3 is 1.95 bits per heavy atom. The quantitative estimate of drug-likeness (QED) is 0.338. The first-order valence-corrected chi connectivity index (χ1v) is 14.0. The monoisotopic (exact) mass is 323 g/mol. The van der Waals surface area contributed by atoms with Crippen LogP contribution in [0.1, 0.15) is 27.7 Å². The van der Waals surface area contributed by atoms with Gasteiger partial charge in [0.2, 0.25) is 5.91 Å². The topological polar surface area (TPSA) is 37.4 Å². The minimum absolute atomic E-state index is 0.0102. The number of carbonyl (C=O) groups is 2. The first-order chi connectivity index (χ1) is 9.20. The fourth-order valence-electron chi connectivity index (χ4n) is 2.31. The fourth-order valence-corrected chi connectivity index (χ4v) is 5.21. The molecule has 3 nitrogen and oxygen atoms in total. The van der Waals surface area contributed by atoms with Crippen molar-refractivity contribution in [3.05, 3.63) is 0 Å². The first kappa shape index (κ1) is 18.2. The molecule has 0 radical (unpaired) electrons. The molecule has 0 aliphatic carbocycles. The standard InChI is InChI=1S/C16H29NO2Si2/c1-12(18)14-13(10-11-20(5,6)7)17(15(14)19)21(8,9)16(2,3)4/h13-14H,1-9H3/t13-,14-/m0/s1. The number of Topliss-reactive ketones (excluding diaryl/α,β-unsaturated/α-hetero) is 1. The molecule has 21 heavy (non-hydrogen) atoms. The summed E-state index contributed by atoms with van der Waals surface area (Å²) in [6.45, 7) is 19.0. The van der Waals surface area contributed by atoms with Gasteiger partial charge in [0.25, 0.3) is 0 Å². The summed E-state index contributed by atoms with van der Waals surface area (Å²) in [5.41, 5.74) is 3.35. The molecule has 1 aliphatic heterocycles. The van der Waals surface area contributed by atoms with Crippen molar-refractivity contribution < 1.29 is 9.59 Å². The zero-order valence-corrected chi connectivity index (χ0v) is 16.9. The average Bonchev–Trinajstić information content (AvgIpc) is 2.19. The number of ketones is 1. The number of β-lactam (4-membered cyclic amide) rings is 1. The summed E-state index contributed by atoms with van der Waals surface area (Å²) < 4.78 is 1.96. The van der Waals surface area contributed by atoms with Crippen LogP contribution in [-0.2, 0) is 9.59 Å². The molecule has 1 amide bonds. The van der Waals surface area contributed by atoms with E-state index in [9.17, 15) is 9.59 Å². The lowest BCUT2D eigenvalue weighted by Gasteiger charge is -2.56. The van der Waals surface area contributed by atoms with E-state index in [2.05, 4.69) is 65.0 Å². The molecule has 0 aromatic carbocycles. The Balaban J connectivity index is 3.22. The van der Waals surface area contributed by atoms with Gasteiger partial charge in [-0.2, -0.15) is 0 Å². The number of amides is 1. The van der Waals surface area contributed by atoms with Crippen LogP contribution in [0.15, 0.2) is 0 Å². The Hall–Kier alpha value is -0.866. The highest BCUT2D eigenvalue weighted by Gasteiger charge is 2.58. The van der Waals surface area contributed by atoms with E-state index >= 15 is 0 Å². The van der Waals surface area contributed by atoms with E-state index in [0.717, 1.165) is 0 Å². The van der Waals surface area contributed by atoms with Gasteiger partial charge in [0.05, 0.1) is 0 Å². The predicted molar refractivity (Wildman–Crippen MR) is 93.1 cm³/mol. The van der Waals surface area contributed by atoms with Gasteiger partial charge in [-0.05, 0) is 12.0 Å². The van der Waals surface area contributed by atoms with Gasteiger partial charge in [0, 0.05) is 0 Å². The van der Waals surface area contributed by atoms with E-state index in [-0.39, 0.29) is 22.8 Å². The number of nitrogens with zero attached hydrogens (tertiary/aromatic N) is 1. The van der Waals surface area contributed by atoms with Gasteiger partial charge in [-0.25, -0.2) is 0 Å². The van der Waals surface area contributed by atoms with Gasteiger partial charge in [0.1, 0.15) is 25.8 Å². The van der Waals surface area contributed by atoms with Crippen molar-refractivity contribution in [2.75, 3.05) is 0 Å². The summed E-state index contributed by atoms with van der Waals surface area (Å²) in [6.07, 6.45) is 0. The number of hydrogen-bond acceptors (Lipinski definition) is 2. The Bertz CT molecular complexity index is 515. The molecule has 118 valence electrons. The molecule has 1 aliphatic rings. The third-order valence-electron chi connectivity index (χ3n) is 4.57. The summed E-state index contributed by atoms with van der Waals surface area (Å²) in [7, 11) is -3.51. The molecule has 0 aromatic rings. The van der Waals surface area contributed by atoms with Crippen LogP contribution >= 0.6 is 0 Å². The van der Waals surface area contributed by atoms with Crippen molar-refractivity contribution in [2.24, 2.45) is 5.92 Å². The minimum atomic E-state index is -1.99. The average molecular weight is 324 g/mol. The maximum absolute atomic E-state index is 12.5. The zero-order valence-electron chi connectivity index (χ0n) is 14.9. The lowest BCUT2D eigenvalue weighted by atomic mass is 9.88. The van der Waals surface area contributed by atoms with E-state index < -0.39 is 22.2 Å². The van der Waals surface area contributed by atoms with Crippen molar-refractivity contribution in [1.29, 1.82) is 0 Å². The molecule has 0 aromatic heterocycles. The second kappa shape index (κ2) is 5.40. The van der Waals surface area contributed by atoms with Crippen LogP contribution in [0, 0.1) is 17.4 Å². The smallest absolute Gasteiger partial charge is 0.229 e. The van der Waals surface area contributed by atoms with E-state index in [1.807, 2.05) is 4.57 Å². The van der Waals surface area contributed by atoms with E-state index in [4.69, 9.17) is 0 Å². The summed E-state index contributed by atoms with van der Waals surface area (Å²) in [6, 6.07) is -0.206. The molecule has 0 unspecified atom stereocenters. The van der Waals surface area contributed by atoms with Crippen molar-refractivity contribution in [2.45, 2.75) is 71.5 Å². The normalized spacial score (nSPS) is 23.3. The van der Waals surface area contributed by atoms with Crippen molar-refractivity contribution in [3.8, 4) is 11.5 Å². The molecular weight excluding hydrogens is 294 g/mol. The number of rotatable bonds is 2. The summed E-state index contributed by atoms with van der Waals surface area (Å²) >= 11 is 0. The Morgan fingerprint density at radius 2 is 1.62 bits per heavy atom. The highest BCUT2D eigenvalue weighted by atomic mass is 28.3. The Morgan fingerprint density at radius 1 is 1.14 bits per heavy atom. The van der Waals surface area contributed by atoms with Crippen LogP contribution in [0.3, 0.4) is 0 Å². The van der Waals surface area contributed by atoms with Gasteiger partial charge in [0.15, 0.2) is 8.24 Å². The highest BCUT2D eigenvalue weighted by molar-refractivity contribution is 6.84. The molecular formula is C16H29NO2Si2. The summed E-state index contributed by atoms with van der Waals surface area (Å²) in [5.74, 6) is 2.68. The maximum Gasteiger partial charge on any atom is 0.229 e. The highest BCUT2D eigenvalue weighted by Crippen LogP contribution is 2.44. The van der Waals surface area contributed by atoms with Gasteiger partial charge in [-0.1, -0.05) is 59.4 Å². The van der Waals surface area contributed by atoms with Crippen molar-refractivity contribution >= 4 is 28.0 Å². The third-order valence-corrected chi connectivity index (χ3v) is 10.8. The summed E-state index contributed by atoms with van der Waals surface area (Å²) in [4.78, 5) is 24.3. The van der Waals surface area contributed by atoms with Gasteiger partial charge in [-0.3, -0.25) is 9.59 Å². The molecule has 1 fully saturated rings. The molecule has 0 bridgehead atoms. The van der Waals surface area contributed by atoms with Crippen LogP contribution in [0.2, 0.25) is 37.8 Å². The van der Waals surface area contributed by atoms with E-state index in [0.29, 0.717) is 0 Å². The van der Waals surface area contributed by atoms with Crippen LogP contribution in [0.4, 0.5) is 0 Å². The molecule has 1 heterocycles. The van der Waals surface area contributed by atoms with Crippen LogP contribution in [0.25, 0.3) is 0 Å². The second-order valence-corrected chi connectivity index (χ2v) is 18.4. The van der Waals surface area contributed by atoms with Crippen LogP contribution in [-0.4, -0.2) is 38.6 Å².